The van der Waals surface area contributed by atoms with E-state index < -0.39 is 0 Å². The number of nitrogens with one attached hydrogen (secondary N) is 2. The molecule has 5 nitrogen and oxygen atoms in total. The molecule has 0 aliphatic heterocycles. The lowest BCUT2D eigenvalue weighted by Gasteiger charge is -2.10. The van der Waals surface area contributed by atoms with Gasteiger partial charge in [-0.15, -0.1) is 0 Å². The Balaban J connectivity index is 2.12. The summed E-state index contributed by atoms with van der Waals surface area (Å²) in [4.78, 5) is 11.5. The van der Waals surface area contributed by atoms with Gasteiger partial charge in [-0.3, -0.25) is 9.48 Å². The van der Waals surface area contributed by atoms with Crippen molar-refractivity contribution in [1.29, 1.82) is 0 Å². The number of rotatable bonds is 7. The number of aromatic nitrogens is 2. The number of hydrogen-bond donors (Lipinski definition) is 2. The standard InChI is InChI=1S/C12H22N4O/c1-4-10(2)14-8-12(17)13-6-5-11-7-15-16(3)9-11/h7,9-10,14H,4-6,8H2,1-3H3,(H,13,17). The third-order valence-electron chi connectivity index (χ3n) is 2.72. The van der Waals surface area contributed by atoms with Crippen LogP contribution in [0, 0.1) is 0 Å². The van der Waals surface area contributed by atoms with Gasteiger partial charge in [0, 0.05) is 25.8 Å². The van der Waals surface area contributed by atoms with E-state index in [1.54, 1.807) is 4.68 Å². The fraction of sp³-hybridized carbons (Fsp3) is 0.667. The summed E-state index contributed by atoms with van der Waals surface area (Å²) < 4.78 is 1.77. The zero-order valence-corrected chi connectivity index (χ0v) is 10.9. The Morgan fingerprint density at radius 2 is 2.35 bits per heavy atom. The lowest BCUT2D eigenvalue weighted by molar-refractivity contribution is -0.120. The van der Waals surface area contributed by atoms with Gasteiger partial charge in [-0.2, -0.15) is 5.10 Å². The van der Waals surface area contributed by atoms with Crippen LogP contribution in [-0.4, -0.2) is 34.8 Å². The van der Waals surface area contributed by atoms with Crippen molar-refractivity contribution in [3.05, 3.63) is 18.0 Å². The highest BCUT2D eigenvalue weighted by Crippen LogP contribution is 1.95. The maximum Gasteiger partial charge on any atom is 0.233 e. The zero-order chi connectivity index (χ0) is 12.7. The van der Waals surface area contributed by atoms with Crippen LogP contribution < -0.4 is 10.6 Å². The molecule has 0 aliphatic rings. The van der Waals surface area contributed by atoms with Crippen molar-refractivity contribution in [3.63, 3.8) is 0 Å². The first kappa shape index (κ1) is 13.7. The summed E-state index contributed by atoms with van der Waals surface area (Å²) in [7, 11) is 1.89. The van der Waals surface area contributed by atoms with Crippen molar-refractivity contribution in [2.75, 3.05) is 13.1 Å². The smallest absolute Gasteiger partial charge is 0.233 e. The van der Waals surface area contributed by atoms with Gasteiger partial charge in [0.05, 0.1) is 12.7 Å². The molecule has 0 spiro atoms. The number of carbonyl (C=O) groups is 1. The first-order chi connectivity index (χ1) is 8.11. The van der Waals surface area contributed by atoms with E-state index in [0.29, 0.717) is 19.1 Å². The van der Waals surface area contributed by atoms with Crippen LogP contribution in [0.25, 0.3) is 0 Å². The van der Waals surface area contributed by atoms with E-state index in [1.165, 1.54) is 0 Å². The molecule has 96 valence electrons. The molecule has 0 saturated heterocycles. The highest BCUT2D eigenvalue weighted by atomic mass is 16.1. The Bertz CT molecular complexity index is 348. The number of hydrogen-bond acceptors (Lipinski definition) is 3. The van der Waals surface area contributed by atoms with Crippen molar-refractivity contribution in [3.8, 4) is 0 Å². The van der Waals surface area contributed by atoms with E-state index in [-0.39, 0.29) is 5.91 Å². The molecule has 1 unspecified atom stereocenters. The van der Waals surface area contributed by atoms with E-state index in [9.17, 15) is 4.79 Å². The summed E-state index contributed by atoms with van der Waals surface area (Å²) in [5.41, 5.74) is 1.14. The Morgan fingerprint density at radius 3 is 2.94 bits per heavy atom. The molecule has 0 aliphatic carbocycles. The maximum atomic E-state index is 11.5. The Labute approximate surface area is 103 Å². The van der Waals surface area contributed by atoms with Crippen molar-refractivity contribution in [1.82, 2.24) is 20.4 Å². The van der Waals surface area contributed by atoms with E-state index in [0.717, 1.165) is 18.4 Å². The molecular weight excluding hydrogens is 216 g/mol. The van der Waals surface area contributed by atoms with E-state index >= 15 is 0 Å². The SMILES string of the molecule is CCC(C)NCC(=O)NCCc1cnn(C)c1. The summed E-state index contributed by atoms with van der Waals surface area (Å²) >= 11 is 0. The second-order valence-corrected chi connectivity index (χ2v) is 4.31. The lowest BCUT2D eigenvalue weighted by Crippen LogP contribution is -2.38. The van der Waals surface area contributed by atoms with Gasteiger partial charge in [-0.25, -0.2) is 0 Å². The molecule has 2 N–H and O–H groups in total. The number of aryl methyl sites for hydroxylation is 1. The number of amides is 1. The molecule has 0 saturated carbocycles. The second kappa shape index (κ2) is 7.06. The molecule has 1 aromatic rings. The van der Waals surface area contributed by atoms with E-state index in [4.69, 9.17) is 0 Å². The monoisotopic (exact) mass is 238 g/mol. The number of nitrogens with zero attached hydrogens (tertiary/aromatic N) is 2. The first-order valence-electron chi connectivity index (χ1n) is 6.09. The van der Waals surface area contributed by atoms with Crippen LogP contribution in [-0.2, 0) is 18.3 Å². The van der Waals surface area contributed by atoms with Crippen LogP contribution in [0.4, 0.5) is 0 Å². The third kappa shape index (κ3) is 5.49. The molecule has 0 bridgehead atoms. The molecular formula is C12H22N4O. The molecule has 1 amide bonds. The van der Waals surface area contributed by atoms with Gasteiger partial charge in [0.1, 0.15) is 0 Å². The van der Waals surface area contributed by atoms with Gasteiger partial charge < -0.3 is 10.6 Å². The Kier molecular flexibility index (Phi) is 5.69. The zero-order valence-electron chi connectivity index (χ0n) is 10.9. The minimum atomic E-state index is 0.0502. The third-order valence-corrected chi connectivity index (χ3v) is 2.72. The molecule has 1 atom stereocenters. The van der Waals surface area contributed by atoms with Crippen LogP contribution in [0.2, 0.25) is 0 Å². The summed E-state index contributed by atoms with van der Waals surface area (Å²) in [6.45, 7) is 5.22. The number of carbonyl (C=O) groups excluding carboxylic acids is 1. The van der Waals surface area contributed by atoms with Gasteiger partial charge in [0.25, 0.3) is 0 Å². The van der Waals surface area contributed by atoms with Crippen molar-refractivity contribution in [2.24, 2.45) is 7.05 Å². The van der Waals surface area contributed by atoms with Crippen molar-refractivity contribution in [2.45, 2.75) is 32.7 Å². The molecule has 0 radical (unpaired) electrons. The van der Waals surface area contributed by atoms with Crippen LogP contribution >= 0.6 is 0 Å². The van der Waals surface area contributed by atoms with E-state index in [2.05, 4.69) is 29.6 Å². The summed E-state index contributed by atoms with van der Waals surface area (Å²) in [5, 5.41) is 10.1. The molecule has 0 fully saturated rings. The molecule has 5 heteroatoms. The first-order valence-corrected chi connectivity index (χ1v) is 6.09. The lowest BCUT2D eigenvalue weighted by atomic mass is 10.2. The van der Waals surface area contributed by atoms with Crippen molar-refractivity contribution >= 4 is 5.91 Å². The molecule has 1 aromatic heterocycles. The van der Waals surface area contributed by atoms with E-state index in [1.807, 2.05) is 19.4 Å². The quantitative estimate of drug-likeness (QED) is 0.726. The summed E-state index contributed by atoms with van der Waals surface area (Å²) in [6.07, 6.45) is 5.64. The largest absolute Gasteiger partial charge is 0.355 e. The normalized spacial score (nSPS) is 12.4. The van der Waals surface area contributed by atoms with Crippen LogP contribution in [0.1, 0.15) is 25.8 Å². The Morgan fingerprint density at radius 1 is 1.59 bits per heavy atom. The predicted molar refractivity (Wildman–Crippen MR) is 67.7 cm³/mol. The fourth-order valence-corrected chi connectivity index (χ4v) is 1.42. The molecule has 1 rings (SSSR count). The average Bonchev–Trinajstić information content (AvgIpc) is 2.72. The minimum Gasteiger partial charge on any atom is -0.355 e. The summed E-state index contributed by atoms with van der Waals surface area (Å²) in [5.74, 6) is 0.0502. The van der Waals surface area contributed by atoms with Gasteiger partial charge in [-0.1, -0.05) is 6.92 Å². The predicted octanol–water partition coefficient (Wildman–Crippen LogP) is 0.467. The maximum absolute atomic E-state index is 11.5. The van der Waals surface area contributed by atoms with Crippen molar-refractivity contribution < 1.29 is 4.79 Å². The fourth-order valence-electron chi connectivity index (χ4n) is 1.42. The van der Waals surface area contributed by atoms with Gasteiger partial charge in [0.2, 0.25) is 5.91 Å². The highest BCUT2D eigenvalue weighted by molar-refractivity contribution is 5.77. The van der Waals surface area contributed by atoms with Gasteiger partial charge >= 0.3 is 0 Å². The molecule has 17 heavy (non-hydrogen) atoms. The second-order valence-electron chi connectivity index (χ2n) is 4.31. The van der Waals surface area contributed by atoms with Crippen LogP contribution in [0.15, 0.2) is 12.4 Å². The van der Waals surface area contributed by atoms with Crippen LogP contribution in [0.5, 0.6) is 0 Å². The topological polar surface area (TPSA) is 59.0 Å². The minimum absolute atomic E-state index is 0.0502. The van der Waals surface area contributed by atoms with Crippen LogP contribution in [0.3, 0.4) is 0 Å². The summed E-state index contributed by atoms with van der Waals surface area (Å²) in [6, 6.07) is 0.388. The van der Waals surface area contributed by atoms with Gasteiger partial charge in [-0.05, 0) is 25.3 Å². The highest BCUT2D eigenvalue weighted by Gasteiger charge is 2.03. The Hall–Kier alpha value is -1.36. The average molecular weight is 238 g/mol. The molecule has 0 aromatic carbocycles. The van der Waals surface area contributed by atoms with Gasteiger partial charge in [0.15, 0.2) is 0 Å². The molecule has 1 heterocycles.